The summed E-state index contributed by atoms with van der Waals surface area (Å²) in [5.74, 6) is 1.23. The molecule has 2 rings (SSSR count). The molecule has 0 saturated carbocycles. The number of halogens is 1. The molecule has 4 nitrogen and oxygen atoms in total. The number of hydrogen-bond donors (Lipinski definition) is 1. The van der Waals surface area contributed by atoms with Gasteiger partial charge in [0.05, 0.1) is 6.61 Å². The number of ether oxygens (including phenoxy) is 2. The molecule has 0 spiro atoms. The van der Waals surface area contributed by atoms with E-state index in [0.717, 1.165) is 11.3 Å². The van der Waals surface area contributed by atoms with Crippen molar-refractivity contribution < 1.29 is 14.3 Å². The van der Waals surface area contributed by atoms with Crippen molar-refractivity contribution in [1.29, 1.82) is 0 Å². The lowest BCUT2D eigenvalue weighted by Gasteiger charge is -2.17. The number of amides is 1. The minimum atomic E-state index is -0.557. The first-order valence-corrected chi connectivity index (χ1v) is 8.41. The molecule has 0 aliphatic heterocycles. The van der Waals surface area contributed by atoms with Crippen LogP contribution in [0.1, 0.15) is 25.8 Å². The fraction of sp³-hybridized carbons (Fsp3) is 0.316. The molecule has 0 unspecified atom stereocenters. The van der Waals surface area contributed by atoms with Crippen molar-refractivity contribution in [3.8, 4) is 11.5 Å². The van der Waals surface area contributed by atoms with Crippen molar-refractivity contribution in [3.63, 3.8) is 0 Å². The van der Waals surface area contributed by atoms with E-state index < -0.39 is 6.10 Å². The van der Waals surface area contributed by atoms with Gasteiger partial charge >= 0.3 is 0 Å². The van der Waals surface area contributed by atoms with Gasteiger partial charge in [0.2, 0.25) is 0 Å². The first-order chi connectivity index (χ1) is 11.6. The number of benzene rings is 2. The third kappa shape index (κ3) is 5.46. The Kier molecular flexibility index (Phi) is 6.94. The Morgan fingerprint density at radius 2 is 1.88 bits per heavy atom. The van der Waals surface area contributed by atoms with Gasteiger partial charge in [-0.1, -0.05) is 36.7 Å². The van der Waals surface area contributed by atoms with Crippen LogP contribution in [0.5, 0.6) is 11.5 Å². The van der Waals surface area contributed by atoms with Crippen LogP contribution in [-0.4, -0.2) is 18.6 Å². The maximum atomic E-state index is 12.3. The quantitative estimate of drug-likeness (QED) is 0.778. The summed E-state index contributed by atoms with van der Waals surface area (Å²) < 4.78 is 11.2. The van der Waals surface area contributed by atoms with Gasteiger partial charge in [0.25, 0.3) is 5.91 Å². The number of carbonyl (C=O) groups is 1. The van der Waals surface area contributed by atoms with Crippen molar-refractivity contribution in [2.24, 2.45) is 0 Å². The van der Waals surface area contributed by atoms with Crippen LogP contribution in [0.2, 0.25) is 5.02 Å². The first kappa shape index (κ1) is 18.1. The Bertz CT molecular complexity index is 675. The van der Waals surface area contributed by atoms with Gasteiger partial charge in [-0.3, -0.25) is 4.79 Å². The zero-order chi connectivity index (χ0) is 17.4. The molecule has 0 bridgehead atoms. The van der Waals surface area contributed by atoms with Gasteiger partial charge in [0.1, 0.15) is 11.5 Å². The highest BCUT2D eigenvalue weighted by molar-refractivity contribution is 6.30. The Hall–Kier alpha value is -2.20. The highest BCUT2D eigenvalue weighted by Crippen LogP contribution is 2.19. The Morgan fingerprint density at radius 1 is 1.12 bits per heavy atom. The molecule has 0 heterocycles. The van der Waals surface area contributed by atoms with Crippen LogP contribution in [0.4, 0.5) is 0 Å². The van der Waals surface area contributed by atoms with Crippen LogP contribution in [-0.2, 0) is 11.3 Å². The van der Waals surface area contributed by atoms with Gasteiger partial charge in [-0.25, -0.2) is 0 Å². The summed E-state index contributed by atoms with van der Waals surface area (Å²) in [6.45, 7) is 4.88. The van der Waals surface area contributed by atoms with Crippen LogP contribution in [0, 0.1) is 0 Å². The molecule has 0 saturated heterocycles. The molecule has 2 aromatic rings. The van der Waals surface area contributed by atoms with Crippen molar-refractivity contribution in [3.05, 3.63) is 59.1 Å². The van der Waals surface area contributed by atoms with E-state index in [-0.39, 0.29) is 5.91 Å². The van der Waals surface area contributed by atoms with Crippen LogP contribution >= 0.6 is 11.6 Å². The molecule has 2 aromatic carbocycles. The molecule has 0 aliphatic rings. The number of rotatable bonds is 8. The summed E-state index contributed by atoms with van der Waals surface area (Å²) in [5, 5.41) is 3.48. The van der Waals surface area contributed by atoms with Crippen LogP contribution in [0.3, 0.4) is 0 Å². The molecule has 0 fully saturated rings. The van der Waals surface area contributed by atoms with E-state index in [0.29, 0.717) is 30.3 Å². The number of nitrogens with one attached hydrogen (secondary N) is 1. The lowest BCUT2D eigenvalue weighted by Crippen LogP contribution is -2.37. The topological polar surface area (TPSA) is 47.6 Å². The van der Waals surface area contributed by atoms with Crippen LogP contribution in [0.25, 0.3) is 0 Å². The zero-order valence-corrected chi connectivity index (χ0v) is 14.7. The van der Waals surface area contributed by atoms with Crippen LogP contribution < -0.4 is 14.8 Å². The molecule has 24 heavy (non-hydrogen) atoms. The van der Waals surface area contributed by atoms with Crippen molar-refractivity contribution in [2.75, 3.05) is 6.61 Å². The van der Waals surface area contributed by atoms with Gasteiger partial charge in [0.15, 0.2) is 6.10 Å². The predicted molar refractivity (Wildman–Crippen MR) is 95.6 cm³/mol. The molecule has 5 heteroatoms. The van der Waals surface area contributed by atoms with E-state index in [1.165, 1.54) is 0 Å². The van der Waals surface area contributed by atoms with E-state index in [1.54, 1.807) is 24.3 Å². The molecule has 1 N–H and O–H groups in total. The van der Waals surface area contributed by atoms with E-state index >= 15 is 0 Å². The van der Waals surface area contributed by atoms with E-state index in [9.17, 15) is 4.79 Å². The Labute approximate surface area is 147 Å². The summed E-state index contributed by atoms with van der Waals surface area (Å²) in [7, 11) is 0. The van der Waals surface area contributed by atoms with Crippen molar-refractivity contribution >= 4 is 17.5 Å². The standard InChI is InChI=1S/C19H22ClNO3/c1-3-18(24-17-10-6-8-15(20)12-17)19(22)21-13-14-7-5-9-16(11-14)23-4-2/h5-12,18H,3-4,13H2,1-2H3,(H,21,22)/t18-/m1/s1. The summed E-state index contributed by atoms with van der Waals surface area (Å²) in [6.07, 6.45) is 0.00989. The number of carbonyl (C=O) groups excluding carboxylic acids is 1. The second-order valence-electron chi connectivity index (χ2n) is 5.27. The molecular weight excluding hydrogens is 326 g/mol. The largest absolute Gasteiger partial charge is 0.494 e. The van der Waals surface area contributed by atoms with Crippen molar-refractivity contribution in [1.82, 2.24) is 5.32 Å². The summed E-state index contributed by atoms with van der Waals surface area (Å²) in [4.78, 5) is 12.3. The number of hydrogen-bond acceptors (Lipinski definition) is 3. The molecule has 0 radical (unpaired) electrons. The minimum Gasteiger partial charge on any atom is -0.494 e. The Morgan fingerprint density at radius 3 is 2.58 bits per heavy atom. The third-order valence-electron chi connectivity index (χ3n) is 3.41. The van der Waals surface area contributed by atoms with Crippen LogP contribution in [0.15, 0.2) is 48.5 Å². The molecule has 0 aliphatic carbocycles. The summed E-state index contributed by atoms with van der Waals surface area (Å²) in [5.41, 5.74) is 0.979. The summed E-state index contributed by atoms with van der Waals surface area (Å²) in [6, 6.07) is 14.7. The predicted octanol–water partition coefficient (Wildman–Crippen LogP) is 4.21. The smallest absolute Gasteiger partial charge is 0.261 e. The SMILES string of the molecule is CCOc1cccc(CNC(=O)[C@@H](CC)Oc2cccc(Cl)c2)c1. The van der Waals surface area contributed by atoms with Gasteiger partial charge in [-0.15, -0.1) is 0 Å². The monoisotopic (exact) mass is 347 g/mol. The lowest BCUT2D eigenvalue weighted by atomic mass is 10.2. The summed E-state index contributed by atoms with van der Waals surface area (Å²) >= 11 is 5.94. The molecule has 1 atom stereocenters. The highest BCUT2D eigenvalue weighted by Gasteiger charge is 2.18. The zero-order valence-electron chi connectivity index (χ0n) is 13.9. The normalized spacial score (nSPS) is 11.6. The maximum absolute atomic E-state index is 12.3. The molecule has 1 amide bonds. The van der Waals surface area contributed by atoms with E-state index in [4.69, 9.17) is 21.1 Å². The fourth-order valence-corrected chi connectivity index (χ4v) is 2.42. The average Bonchev–Trinajstić information content (AvgIpc) is 2.58. The van der Waals surface area contributed by atoms with Gasteiger partial charge < -0.3 is 14.8 Å². The third-order valence-corrected chi connectivity index (χ3v) is 3.65. The molecule has 128 valence electrons. The van der Waals surface area contributed by atoms with Gasteiger partial charge in [0, 0.05) is 11.6 Å². The second-order valence-corrected chi connectivity index (χ2v) is 5.71. The lowest BCUT2D eigenvalue weighted by molar-refractivity contribution is -0.128. The first-order valence-electron chi connectivity index (χ1n) is 8.04. The van der Waals surface area contributed by atoms with E-state index in [2.05, 4.69) is 5.32 Å². The van der Waals surface area contributed by atoms with Crippen molar-refractivity contribution in [2.45, 2.75) is 32.9 Å². The molecule has 0 aromatic heterocycles. The highest BCUT2D eigenvalue weighted by atomic mass is 35.5. The minimum absolute atomic E-state index is 0.153. The van der Waals surface area contributed by atoms with Gasteiger partial charge in [-0.05, 0) is 49.2 Å². The van der Waals surface area contributed by atoms with Gasteiger partial charge in [-0.2, -0.15) is 0 Å². The molecular formula is C19H22ClNO3. The second kappa shape index (κ2) is 9.18. The fourth-order valence-electron chi connectivity index (χ4n) is 2.24. The average molecular weight is 348 g/mol. The Balaban J connectivity index is 1.93. The van der Waals surface area contributed by atoms with E-state index in [1.807, 2.05) is 38.1 Å². The maximum Gasteiger partial charge on any atom is 0.261 e.